The molecule has 6 nitrogen and oxygen atoms in total. The number of aryl methyl sites for hydroxylation is 1. The van der Waals surface area contributed by atoms with Gasteiger partial charge in [0.2, 0.25) is 5.91 Å². The van der Waals surface area contributed by atoms with Crippen molar-refractivity contribution in [3.63, 3.8) is 0 Å². The summed E-state index contributed by atoms with van der Waals surface area (Å²) in [6.07, 6.45) is 1.21. The SMILES string of the molecule is CN1CCN(c2ccccc2CNC(=O)CS(=O)(=O)CCCc2ccccc2)CC1. The average molecular weight is 430 g/mol. The molecule has 0 unspecified atom stereocenters. The molecule has 0 aliphatic carbocycles. The number of likely N-dealkylation sites (N-methyl/N-ethyl adjacent to an activating group) is 1. The zero-order valence-corrected chi connectivity index (χ0v) is 18.4. The monoisotopic (exact) mass is 429 g/mol. The fourth-order valence-electron chi connectivity index (χ4n) is 3.67. The largest absolute Gasteiger partial charge is 0.369 e. The van der Waals surface area contributed by atoms with Crippen LogP contribution in [-0.2, 0) is 27.6 Å². The summed E-state index contributed by atoms with van der Waals surface area (Å²) < 4.78 is 24.6. The lowest BCUT2D eigenvalue weighted by atomic mass is 10.1. The van der Waals surface area contributed by atoms with Crippen LogP contribution in [0.5, 0.6) is 0 Å². The summed E-state index contributed by atoms with van der Waals surface area (Å²) in [6.45, 7) is 4.22. The van der Waals surface area contributed by atoms with Crippen molar-refractivity contribution in [1.29, 1.82) is 0 Å². The van der Waals surface area contributed by atoms with Crippen LogP contribution in [0.3, 0.4) is 0 Å². The quantitative estimate of drug-likeness (QED) is 0.661. The molecule has 0 aromatic heterocycles. The molecule has 1 amide bonds. The molecule has 162 valence electrons. The number of sulfone groups is 1. The molecule has 2 aromatic carbocycles. The number of amides is 1. The lowest BCUT2D eigenvalue weighted by Crippen LogP contribution is -2.45. The van der Waals surface area contributed by atoms with E-state index in [-0.39, 0.29) is 5.75 Å². The van der Waals surface area contributed by atoms with Gasteiger partial charge in [0.05, 0.1) is 5.75 Å². The highest BCUT2D eigenvalue weighted by Gasteiger charge is 2.19. The van der Waals surface area contributed by atoms with Crippen molar-refractivity contribution in [2.24, 2.45) is 0 Å². The van der Waals surface area contributed by atoms with Crippen molar-refractivity contribution < 1.29 is 13.2 Å². The molecule has 0 spiro atoms. The first kappa shape index (κ1) is 22.3. The third-order valence-electron chi connectivity index (χ3n) is 5.43. The number of hydrogen-bond acceptors (Lipinski definition) is 5. The number of para-hydroxylation sites is 1. The first-order valence-corrected chi connectivity index (χ1v) is 12.3. The summed E-state index contributed by atoms with van der Waals surface area (Å²) in [7, 11) is -1.31. The lowest BCUT2D eigenvalue weighted by molar-refractivity contribution is -0.118. The van der Waals surface area contributed by atoms with Gasteiger partial charge < -0.3 is 15.1 Å². The van der Waals surface area contributed by atoms with Crippen molar-refractivity contribution in [3.8, 4) is 0 Å². The van der Waals surface area contributed by atoms with Gasteiger partial charge in [-0.1, -0.05) is 48.5 Å². The number of benzene rings is 2. The molecule has 2 aromatic rings. The van der Waals surface area contributed by atoms with Crippen LogP contribution in [0, 0.1) is 0 Å². The first-order chi connectivity index (χ1) is 14.4. The molecule has 3 rings (SSSR count). The van der Waals surface area contributed by atoms with Crippen LogP contribution < -0.4 is 10.2 Å². The van der Waals surface area contributed by atoms with Gasteiger partial charge in [-0.25, -0.2) is 8.42 Å². The van der Waals surface area contributed by atoms with E-state index in [4.69, 9.17) is 0 Å². The summed E-state index contributed by atoms with van der Waals surface area (Å²) in [5.74, 6) is -0.881. The van der Waals surface area contributed by atoms with Gasteiger partial charge in [-0.15, -0.1) is 0 Å². The van der Waals surface area contributed by atoms with E-state index >= 15 is 0 Å². The summed E-state index contributed by atoms with van der Waals surface area (Å²) in [5, 5.41) is 2.80. The maximum atomic E-state index is 12.3. The van der Waals surface area contributed by atoms with Gasteiger partial charge in [-0.3, -0.25) is 4.79 Å². The topological polar surface area (TPSA) is 69.7 Å². The van der Waals surface area contributed by atoms with E-state index in [1.807, 2.05) is 48.5 Å². The zero-order valence-electron chi connectivity index (χ0n) is 17.6. The van der Waals surface area contributed by atoms with Crippen LogP contribution in [0.4, 0.5) is 5.69 Å². The third-order valence-corrected chi connectivity index (χ3v) is 7.04. The fourth-order valence-corrected chi connectivity index (χ4v) is 4.90. The van der Waals surface area contributed by atoms with Crippen LogP contribution in [0.2, 0.25) is 0 Å². The van der Waals surface area contributed by atoms with E-state index in [1.54, 1.807) is 0 Å². The highest BCUT2D eigenvalue weighted by molar-refractivity contribution is 7.92. The van der Waals surface area contributed by atoms with E-state index < -0.39 is 21.5 Å². The Morgan fingerprint density at radius 3 is 2.37 bits per heavy atom. The van der Waals surface area contributed by atoms with E-state index in [9.17, 15) is 13.2 Å². The minimum absolute atomic E-state index is 0.0210. The molecule has 0 bridgehead atoms. The maximum Gasteiger partial charge on any atom is 0.235 e. The number of carbonyl (C=O) groups excluding carboxylic acids is 1. The number of piperazine rings is 1. The Bertz CT molecular complexity index is 924. The zero-order chi connectivity index (χ0) is 21.4. The Morgan fingerprint density at radius 2 is 1.63 bits per heavy atom. The number of anilines is 1. The van der Waals surface area contributed by atoms with Crippen molar-refractivity contribution in [3.05, 3.63) is 65.7 Å². The molecule has 0 atom stereocenters. The molecule has 1 aliphatic rings. The smallest absolute Gasteiger partial charge is 0.235 e. The Labute approximate surface area is 179 Å². The molecule has 0 saturated carbocycles. The molecule has 0 radical (unpaired) electrons. The van der Waals surface area contributed by atoms with Gasteiger partial charge in [0.1, 0.15) is 5.75 Å². The second-order valence-corrected chi connectivity index (χ2v) is 10.1. The average Bonchev–Trinajstić information content (AvgIpc) is 2.73. The standard InChI is InChI=1S/C23H31N3O3S/c1-25-13-15-26(16-14-25)22-12-6-5-11-21(22)18-24-23(27)19-30(28,29)17-7-10-20-8-3-2-4-9-20/h2-6,8-9,11-12H,7,10,13-19H2,1H3,(H,24,27). The maximum absolute atomic E-state index is 12.3. The number of nitrogens with zero attached hydrogens (tertiary/aromatic N) is 2. The molecule has 1 fully saturated rings. The highest BCUT2D eigenvalue weighted by Crippen LogP contribution is 2.21. The highest BCUT2D eigenvalue weighted by atomic mass is 32.2. The minimum Gasteiger partial charge on any atom is -0.369 e. The predicted molar refractivity (Wildman–Crippen MR) is 121 cm³/mol. The molecule has 1 N–H and O–H groups in total. The van der Waals surface area contributed by atoms with E-state index in [0.29, 0.717) is 19.4 Å². The molecule has 1 heterocycles. The van der Waals surface area contributed by atoms with Gasteiger partial charge >= 0.3 is 0 Å². The van der Waals surface area contributed by atoms with E-state index in [1.165, 1.54) is 0 Å². The molecule has 30 heavy (non-hydrogen) atoms. The molecular formula is C23H31N3O3S. The van der Waals surface area contributed by atoms with Gasteiger partial charge in [0.15, 0.2) is 9.84 Å². The van der Waals surface area contributed by atoms with Crippen molar-refractivity contribution >= 4 is 21.4 Å². The lowest BCUT2D eigenvalue weighted by Gasteiger charge is -2.35. The number of nitrogens with one attached hydrogen (secondary N) is 1. The molecule has 7 heteroatoms. The molecule has 1 saturated heterocycles. The fraction of sp³-hybridized carbons (Fsp3) is 0.435. The van der Waals surface area contributed by atoms with Gasteiger partial charge in [-0.05, 0) is 37.1 Å². The predicted octanol–water partition coefficient (Wildman–Crippen LogP) is 2.10. The van der Waals surface area contributed by atoms with Gasteiger partial charge in [-0.2, -0.15) is 0 Å². The summed E-state index contributed by atoms with van der Waals surface area (Å²) >= 11 is 0. The van der Waals surface area contributed by atoms with Crippen molar-refractivity contribution in [2.45, 2.75) is 19.4 Å². The second kappa shape index (κ2) is 10.6. The van der Waals surface area contributed by atoms with Crippen LogP contribution in [0.15, 0.2) is 54.6 Å². The normalized spacial score (nSPS) is 15.2. The Morgan fingerprint density at radius 1 is 0.967 bits per heavy atom. The van der Waals surface area contributed by atoms with Crippen LogP contribution >= 0.6 is 0 Å². The van der Waals surface area contributed by atoms with Crippen LogP contribution in [0.1, 0.15) is 17.5 Å². The van der Waals surface area contributed by atoms with Gasteiger partial charge in [0, 0.05) is 38.4 Å². The summed E-state index contributed by atoms with van der Waals surface area (Å²) in [4.78, 5) is 16.9. The van der Waals surface area contributed by atoms with Gasteiger partial charge in [0.25, 0.3) is 0 Å². The molecule has 1 aliphatic heterocycles. The van der Waals surface area contributed by atoms with Crippen molar-refractivity contribution in [2.75, 3.05) is 49.6 Å². The first-order valence-electron chi connectivity index (χ1n) is 10.5. The number of hydrogen-bond donors (Lipinski definition) is 1. The minimum atomic E-state index is -3.42. The summed E-state index contributed by atoms with van der Waals surface area (Å²) in [5.41, 5.74) is 3.23. The number of rotatable bonds is 9. The van der Waals surface area contributed by atoms with E-state index in [2.05, 4.69) is 28.2 Å². The van der Waals surface area contributed by atoms with E-state index in [0.717, 1.165) is 43.0 Å². The second-order valence-electron chi connectivity index (χ2n) is 7.88. The number of carbonyl (C=O) groups is 1. The van der Waals surface area contributed by atoms with Crippen LogP contribution in [0.25, 0.3) is 0 Å². The summed E-state index contributed by atoms with van der Waals surface area (Å²) in [6, 6.07) is 17.8. The molecular weight excluding hydrogens is 398 g/mol. The Hall–Kier alpha value is -2.38. The third kappa shape index (κ3) is 6.85. The van der Waals surface area contributed by atoms with Crippen molar-refractivity contribution in [1.82, 2.24) is 10.2 Å². The van der Waals surface area contributed by atoms with Crippen LogP contribution in [-0.4, -0.2) is 64.0 Å². The Kier molecular flexibility index (Phi) is 7.87. The Balaban J connectivity index is 1.48.